The zero-order valence-electron chi connectivity index (χ0n) is 14.4. The van der Waals surface area contributed by atoms with Crippen molar-refractivity contribution in [3.63, 3.8) is 0 Å². The monoisotopic (exact) mass is 346 g/mol. The third-order valence-electron chi connectivity index (χ3n) is 4.85. The molecule has 0 bridgehead atoms. The Morgan fingerprint density at radius 2 is 1.68 bits per heavy atom. The van der Waals surface area contributed by atoms with Gasteiger partial charge in [0.2, 0.25) is 11.8 Å². The lowest BCUT2D eigenvalue weighted by molar-refractivity contribution is -0.152. The van der Waals surface area contributed by atoms with E-state index in [0.29, 0.717) is 25.8 Å². The van der Waals surface area contributed by atoms with E-state index in [1.165, 1.54) is 0 Å². The summed E-state index contributed by atoms with van der Waals surface area (Å²) in [5.41, 5.74) is 6.33. The molecule has 2 amide bonds. The number of aliphatic carboxylic acids is 1. The first-order valence-electron chi connectivity index (χ1n) is 8.83. The fourth-order valence-electron chi connectivity index (χ4n) is 3.44. The molecule has 6 nitrogen and oxygen atoms in total. The Morgan fingerprint density at radius 3 is 2.28 bits per heavy atom. The molecule has 136 valence electrons. The van der Waals surface area contributed by atoms with Crippen LogP contribution in [0.1, 0.15) is 37.7 Å². The molecule has 1 aromatic carbocycles. The maximum absolute atomic E-state index is 13.0. The molecule has 2 rings (SSSR count). The van der Waals surface area contributed by atoms with Gasteiger partial charge in [0.05, 0.1) is 11.8 Å². The van der Waals surface area contributed by atoms with E-state index >= 15 is 0 Å². The molecule has 0 spiro atoms. The van der Waals surface area contributed by atoms with E-state index in [1.807, 2.05) is 30.3 Å². The van der Waals surface area contributed by atoms with Gasteiger partial charge in [-0.15, -0.1) is 0 Å². The van der Waals surface area contributed by atoms with Gasteiger partial charge in [-0.05, 0) is 24.8 Å². The number of carboxylic acids is 1. The van der Waals surface area contributed by atoms with E-state index in [-0.39, 0.29) is 18.9 Å². The van der Waals surface area contributed by atoms with Crippen LogP contribution in [-0.4, -0.2) is 40.9 Å². The number of amides is 2. The summed E-state index contributed by atoms with van der Waals surface area (Å²) in [5.74, 6) is -2.67. The van der Waals surface area contributed by atoms with Gasteiger partial charge in [0.15, 0.2) is 0 Å². The summed E-state index contributed by atoms with van der Waals surface area (Å²) in [6.45, 7) is 0.697. The zero-order chi connectivity index (χ0) is 18.2. The van der Waals surface area contributed by atoms with Crippen LogP contribution in [0.5, 0.6) is 0 Å². The van der Waals surface area contributed by atoms with Gasteiger partial charge in [-0.25, -0.2) is 0 Å². The second kappa shape index (κ2) is 9.20. The molecule has 1 fully saturated rings. The molecule has 3 N–H and O–H groups in total. The molecule has 0 aliphatic heterocycles. The minimum atomic E-state index is -0.907. The fourth-order valence-corrected chi connectivity index (χ4v) is 3.44. The van der Waals surface area contributed by atoms with Crippen molar-refractivity contribution >= 4 is 17.8 Å². The van der Waals surface area contributed by atoms with Crippen molar-refractivity contribution in [1.82, 2.24) is 4.90 Å². The Labute approximate surface area is 148 Å². The van der Waals surface area contributed by atoms with Gasteiger partial charge in [-0.1, -0.05) is 43.2 Å². The van der Waals surface area contributed by atoms with Crippen LogP contribution in [0.3, 0.4) is 0 Å². The minimum Gasteiger partial charge on any atom is -0.481 e. The van der Waals surface area contributed by atoms with E-state index in [4.69, 9.17) is 5.73 Å². The predicted octanol–water partition coefficient (Wildman–Crippen LogP) is 1.82. The SMILES string of the molecule is NC(=O)CCN(CCc1ccccc1)C(=O)C1CCCCC1C(=O)O. The van der Waals surface area contributed by atoms with Crippen LogP contribution in [0.2, 0.25) is 0 Å². The van der Waals surface area contributed by atoms with Crippen LogP contribution >= 0.6 is 0 Å². The maximum Gasteiger partial charge on any atom is 0.307 e. The smallest absolute Gasteiger partial charge is 0.307 e. The molecular weight excluding hydrogens is 320 g/mol. The number of primary amides is 1. The highest BCUT2D eigenvalue weighted by Crippen LogP contribution is 2.32. The van der Waals surface area contributed by atoms with Crippen molar-refractivity contribution < 1.29 is 19.5 Å². The van der Waals surface area contributed by atoms with Crippen molar-refractivity contribution in [2.24, 2.45) is 17.6 Å². The number of carbonyl (C=O) groups is 3. The Balaban J connectivity index is 2.07. The highest BCUT2D eigenvalue weighted by Gasteiger charge is 2.37. The second-order valence-corrected chi connectivity index (χ2v) is 6.61. The molecule has 0 aromatic heterocycles. The molecule has 2 atom stereocenters. The summed E-state index contributed by atoms with van der Waals surface area (Å²) in [6, 6.07) is 9.77. The highest BCUT2D eigenvalue weighted by molar-refractivity contribution is 5.85. The van der Waals surface area contributed by atoms with Crippen LogP contribution < -0.4 is 5.73 Å². The number of hydrogen-bond donors (Lipinski definition) is 2. The fraction of sp³-hybridized carbons (Fsp3) is 0.526. The average molecular weight is 346 g/mol. The number of carbonyl (C=O) groups excluding carboxylic acids is 2. The summed E-state index contributed by atoms with van der Waals surface area (Å²) >= 11 is 0. The quantitative estimate of drug-likeness (QED) is 0.750. The van der Waals surface area contributed by atoms with Gasteiger partial charge < -0.3 is 15.7 Å². The lowest BCUT2D eigenvalue weighted by Gasteiger charge is -2.33. The Bertz CT molecular complexity index is 603. The molecular formula is C19H26N2O4. The van der Waals surface area contributed by atoms with Crippen molar-refractivity contribution in [3.8, 4) is 0 Å². The third-order valence-corrected chi connectivity index (χ3v) is 4.85. The number of hydrogen-bond acceptors (Lipinski definition) is 3. The number of benzene rings is 1. The number of nitrogens with zero attached hydrogens (tertiary/aromatic N) is 1. The Morgan fingerprint density at radius 1 is 1.04 bits per heavy atom. The maximum atomic E-state index is 13.0. The molecule has 1 aromatic rings. The number of carboxylic acid groups (broad SMARTS) is 1. The lowest BCUT2D eigenvalue weighted by Crippen LogP contribution is -2.44. The molecule has 0 heterocycles. The second-order valence-electron chi connectivity index (χ2n) is 6.61. The van der Waals surface area contributed by atoms with Gasteiger partial charge in [0, 0.05) is 19.5 Å². The molecule has 0 saturated heterocycles. The Hall–Kier alpha value is -2.37. The predicted molar refractivity (Wildman–Crippen MR) is 93.6 cm³/mol. The van der Waals surface area contributed by atoms with Crippen LogP contribution in [0.15, 0.2) is 30.3 Å². The molecule has 1 saturated carbocycles. The summed E-state index contributed by atoms with van der Waals surface area (Å²) in [5, 5.41) is 9.42. The third kappa shape index (κ3) is 5.59. The Kier molecular flexibility index (Phi) is 6.98. The van der Waals surface area contributed by atoms with Crippen molar-refractivity contribution in [2.45, 2.75) is 38.5 Å². The zero-order valence-corrected chi connectivity index (χ0v) is 14.4. The van der Waals surface area contributed by atoms with Crippen LogP contribution in [0, 0.1) is 11.8 Å². The number of nitrogens with two attached hydrogens (primary N) is 1. The molecule has 1 aliphatic carbocycles. The normalized spacial score (nSPS) is 20.0. The van der Waals surface area contributed by atoms with E-state index in [1.54, 1.807) is 4.90 Å². The molecule has 1 aliphatic rings. The van der Waals surface area contributed by atoms with Crippen molar-refractivity contribution in [1.29, 1.82) is 0 Å². The molecule has 0 radical (unpaired) electrons. The summed E-state index contributed by atoms with van der Waals surface area (Å²) < 4.78 is 0. The summed E-state index contributed by atoms with van der Waals surface area (Å²) in [7, 11) is 0. The van der Waals surface area contributed by atoms with Crippen molar-refractivity contribution in [3.05, 3.63) is 35.9 Å². The molecule has 6 heteroatoms. The average Bonchev–Trinajstić information content (AvgIpc) is 2.62. The topological polar surface area (TPSA) is 101 Å². The van der Waals surface area contributed by atoms with E-state index in [9.17, 15) is 19.5 Å². The highest BCUT2D eigenvalue weighted by atomic mass is 16.4. The van der Waals surface area contributed by atoms with Gasteiger partial charge in [0.25, 0.3) is 0 Å². The van der Waals surface area contributed by atoms with Gasteiger partial charge in [0.1, 0.15) is 0 Å². The lowest BCUT2D eigenvalue weighted by atomic mass is 9.78. The van der Waals surface area contributed by atoms with Gasteiger partial charge in [-0.2, -0.15) is 0 Å². The minimum absolute atomic E-state index is 0.0883. The van der Waals surface area contributed by atoms with Crippen molar-refractivity contribution in [2.75, 3.05) is 13.1 Å². The van der Waals surface area contributed by atoms with Crippen LogP contribution in [0.4, 0.5) is 0 Å². The van der Waals surface area contributed by atoms with Gasteiger partial charge >= 0.3 is 5.97 Å². The van der Waals surface area contributed by atoms with E-state index < -0.39 is 23.7 Å². The van der Waals surface area contributed by atoms with Crippen LogP contribution in [-0.2, 0) is 20.8 Å². The van der Waals surface area contributed by atoms with Crippen LogP contribution in [0.25, 0.3) is 0 Å². The first-order chi connectivity index (χ1) is 12.0. The number of rotatable bonds is 8. The standard InChI is InChI=1S/C19H26N2O4/c20-17(22)11-13-21(12-10-14-6-2-1-3-7-14)18(23)15-8-4-5-9-16(15)19(24)25/h1-3,6-7,15-16H,4-5,8-13H2,(H2,20,22)(H,24,25). The van der Waals surface area contributed by atoms with E-state index in [2.05, 4.69) is 0 Å². The first kappa shape index (κ1) is 19.0. The summed E-state index contributed by atoms with van der Waals surface area (Å²) in [6.07, 6.45) is 3.58. The largest absolute Gasteiger partial charge is 0.481 e. The first-order valence-corrected chi connectivity index (χ1v) is 8.83. The molecule has 25 heavy (non-hydrogen) atoms. The van der Waals surface area contributed by atoms with Gasteiger partial charge in [-0.3, -0.25) is 14.4 Å². The van der Waals surface area contributed by atoms with E-state index in [0.717, 1.165) is 18.4 Å². The molecule has 2 unspecified atom stereocenters. The summed E-state index contributed by atoms with van der Waals surface area (Å²) in [4.78, 5) is 37.2.